The van der Waals surface area contributed by atoms with Gasteiger partial charge in [-0.05, 0) is 25.7 Å². The number of benzene rings is 1. The largest absolute Gasteiger partial charge is 0.300 e. The van der Waals surface area contributed by atoms with Crippen LogP contribution >= 0.6 is 0 Å². The van der Waals surface area contributed by atoms with Crippen molar-refractivity contribution in [3.05, 3.63) is 35.4 Å². The Labute approximate surface area is 113 Å². The topological polar surface area (TPSA) is 17.1 Å². The van der Waals surface area contributed by atoms with Crippen LogP contribution in [0.1, 0.15) is 51.7 Å². The first-order chi connectivity index (χ1) is 8.31. The fourth-order valence-electron chi connectivity index (χ4n) is 1.63. The van der Waals surface area contributed by atoms with Gasteiger partial charge in [0.05, 0.1) is 0 Å². The lowest BCUT2D eigenvalue weighted by Crippen LogP contribution is -2.05. The van der Waals surface area contributed by atoms with E-state index in [0.29, 0.717) is 17.6 Å². The van der Waals surface area contributed by atoms with Gasteiger partial charge in [0.15, 0.2) is 0 Å². The van der Waals surface area contributed by atoms with Gasteiger partial charge in [-0.25, -0.2) is 0 Å². The molecule has 0 amide bonds. The molecule has 1 aromatic carbocycles. The van der Waals surface area contributed by atoms with Crippen molar-refractivity contribution in [1.29, 1.82) is 0 Å². The smallest absolute Gasteiger partial charge is 0.133 e. The maximum atomic E-state index is 11.1. The number of carbonyl (C=O) groups is 1. The maximum Gasteiger partial charge on any atom is 0.133 e. The summed E-state index contributed by atoms with van der Waals surface area (Å²) in [5.41, 5.74) is 2.66. The van der Waals surface area contributed by atoms with Gasteiger partial charge < -0.3 is 0 Å². The van der Waals surface area contributed by atoms with Crippen LogP contribution in [0.4, 0.5) is 0 Å². The zero-order valence-electron chi connectivity index (χ0n) is 12.8. The molecule has 1 heteroatoms. The van der Waals surface area contributed by atoms with Crippen LogP contribution < -0.4 is 0 Å². The fourth-order valence-corrected chi connectivity index (χ4v) is 1.63. The van der Waals surface area contributed by atoms with E-state index in [0.717, 1.165) is 12.8 Å². The Kier molecular flexibility index (Phi) is 8.36. The lowest BCUT2D eigenvalue weighted by Gasteiger charge is -2.05. The lowest BCUT2D eigenvalue weighted by molar-refractivity contribution is -0.120. The van der Waals surface area contributed by atoms with Crippen LogP contribution in [0.5, 0.6) is 0 Å². The lowest BCUT2D eigenvalue weighted by atomic mass is 10.00. The number of aryl methyl sites for hydroxylation is 2. The SMILES string of the molecule is CC(C)CC(=O)CC(C)C.Cc1ccc(C)cc1. The van der Waals surface area contributed by atoms with Crippen LogP contribution in [-0.4, -0.2) is 5.78 Å². The van der Waals surface area contributed by atoms with Gasteiger partial charge in [-0.15, -0.1) is 0 Å². The monoisotopic (exact) mass is 248 g/mol. The fraction of sp³-hybridized carbons (Fsp3) is 0.588. The van der Waals surface area contributed by atoms with Crippen molar-refractivity contribution < 1.29 is 4.79 Å². The van der Waals surface area contributed by atoms with E-state index in [9.17, 15) is 4.79 Å². The molecule has 18 heavy (non-hydrogen) atoms. The number of hydrogen-bond donors (Lipinski definition) is 0. The van der Waals surface area contributed by atoms with Crippen LogP contribution in [0.25, 0.3) is 0 Å². The summed E-state index contributed by atoms with van der Waals surface area (Å²) < 4.78 is 0. The first-order valence-electron chi connectivity index (χ1n) is 6.86. The third-order valence-electron chi connectivity index (χ3n) is 2.49. The minimum atomic E-state index is 0.407. The first-order valence-corrected chi connectivity index (χ1v) is 6.86. The van der Waals surface area contributed by atoms with Gasteiger partial charge in [-0.2, -0.15) is 0 Å². The van der Waals surface area contributed by atoms with Crippen molar-refractivity contribution in [2.45, 2.75) is 54.4 Å². The maximum absolute atomic E-state index is 11.1. The molecule has 0 aliphatic heterocycles. The van der Waals surface area contributed by atoms with E-state index in [1.54, 1.807) is 0 Å². The van der Waals surface area contributed by atoms with Crippen molar-refractivity contribution in [2.24, 2.45) is 11.8 Å². The molecule has 0 saturated carbocycles. The Hall–Kier alpha value is -1.11. The number of rotatable bonds is 4. The normalized spacial score (nSPS) is 10.2. The molecule has 1 rings (SSSR count). The molecule has 0 aliphatic rings. The Morgan fingerprint density at radius 3 is 1.33 bits per heavy atom. The minimum absolute atomic E-state index is 0.407. The Balaban J connectivity index is 0.000000327. The molecule has 0 unspecified atom stereocenters. The van der Waals surface area contributed by atoms with E-state index < -0.39 is 0 Å². The molecular formula is C17H28O. The molecule has 0 fully saturated rings. The van der Waals surface area contributed by atoms with Gasteiger partial charge in [-0.3, -0.25) is 4.79 Å². The predicted octanol–water partition coefficient (Wildman–Crippen LogP) is 4.95. The van der Waals surface area contributed by atoms with Crippen LogP contribution in [0.15, 0.2) is 24.3 Å². The van der Waals surface area contributed by atoms with Gasteiger partial charge in [0.1, 0.15) is 5.78 Å². The third kappa shape index (κ3) is 10.1. The highest BCUT2D eigenvalue weighted by atomic mass is 16.1. The van der Waals surface area contributed by atoms with E-state index in [4.69, 9.17) is 0 Å². The van der Waals surface area contributed by atoms with Gasteiger partial charge in [0.2, 0.25) is 0 Å². The third-order valence-corrected chi connectivity index (χ3v) is 2.49. The summed E-state index contributed by atoms with van der Waals surface area (Å²) in [6.07, 6.45) is 1.50. The van der Waals surface area contributed by atoms with E-state index >= 15 is 0 Å². The van der Waals surface area contributed by atoms with Gasteiger partial charge >= 0.3 is 0 Å². The van der Waals surface area contributed by atoms with E-state index in [-0.39, 0.29) is 0 Å². The minimum Gasteiger partial charge on any atom is -0.300 e. The molecule has 1 aromatic rings. The molecule has 0 saturated heterocycles. The van der Waals surface area contributed by atoms with Crippen LogP contribution in [-0.2, 0) is 4.79 Å². The average Bonchev–Trinajstić information content (AvgIpc) is 2.21. The Morgan fingerprint density at radius 1 is 0.833 bits per heavy atom. The zero-order chi connectivity index (χ0) is 14.1. The van der Waals surface area contributed by atoms with Crippen molar-refractivity contribution in [1.82, 2.24) is 0 Å². The van der Waals surface area contributed by atoms with E-state index in [1.165, 1.54) is 11.1 Å². The standard InChI is InChI=1S/C9H18O.C8H10/c1-7(2)5-9(10)6-8(3)4;1-7-3-5-8(2)6-4-7/h7-8H,5-6H2,1-4H3;3-6H,1-2H3. The highest BCUT2D eigenvalue weighted by Gasteiger charge is 2.06. The Morgan fingerprint density at radius 2 is 1.11 bits per heavy atom. The molecule has 0 N–H and O–H groups in total. The molecule has 0 heterocycles. The Bertz CT molecular complexity index is 300. The molecule has 102 valence electrons. The van der Waals surface area contributed by atoms with Crippen LogP contribution in [0.2, 0.25) is 0 Å². The second-order valence-electron chi connectivity index (χ2n) is 5.89. The second-order valence-corrected chi connectivity index (χ2v) is 5.89. The molecule has 1 nitrogen and oxygen atoms in total. The summed E-state index contributed by atoms with van der Waals surface area (Å²) in [6, 6.07) is 8.48. The first kappa shape index (κ1) is 16.9. The van der Waals surface area contributed by atoms with Crippen molar-refractivity contribution in [2.75, 3.05) is 0 Å². The quantitative estimate of drug-likeness (QED) is 0.736. The molecule has 0 radical (unpaired) electrons. The molecule has 0 aromatic heterocycles. The molecule has 0 bridgehead atoms. The highest BCUT2D eigenvalue weighted by Crippen LogP contribution is 2.07. The molecule has 0 aliphatic carbocycles. The molecular weight excluding hydrogens is 220 g/mol. The van der Waals surface area contributed by atoms with Gasteiger partial charge in [-0.1, -0.05) is 63.1 Å². The summed E-state index contributed by atoms with van der Waals surface area (Å²) >= 11 is 0. The predicted molar refractivity (Wildman–Crippen MR) is 79.8 cm³/mol. The second kappa shape index (κ2) is 8.91. The molecule has 0 atom stereocenters. The van der Waals surface area contributed by atoms with E-state index in [1.807, 2.05) is 0 Å². The van der Waals surface area contributed by atoms with Crippen molar-refractivity contribution >= 4 is 5.78 Å². The van der Waals surface area contributed by atoms with Crippen LogP contribution in [0, 0.1) is 25.7 Å². The van der Waals surface area contributed by atoms with Gasteiger partial charge in [0.25, 0.3) is 0 Å². The summed E-state index contributed by atoms with van der Waals surface area (Å²) in [5, 5.41) is 0. The van der Waals surface area contributed by atoms with Gasteiger partial charge in [0, 0.05) is 12.8 Å². The average molecular weight is 248 g/mol. The summed E-state index contributed by atoms with van der Waals surface area (Å²) in [5.74, 6) is 1.45. The molecule has 0 spiro atoms. The van der Waals surface area contributed by atoms with Crippen molar-refractivity contribution in [3.63, 3.8) is 0 Å². The number of ketones is 1. The highest BCUT2D eigenvalue weighted by molar-refractivity contribution is 5.78. The summed E-state index contributed by atoms with van der Waals surface area (Å²) in [6.45, 7) is 12.5. The van der Waals surface area contributed by atoms with E-state index in [2.05, 4.69) is 65.8 Å². The van der Waals surface area contributed by atoms with Crippen LogP contribution in [0.3, 0.4) is 0 Å². The summed E-state index contributed by atoms with van der Waals surface area (Å²) in [7, 11) is 0. The number of carbonyl (C=O) groups excluding carboxylic acids is 1. The number of Topliss-reactive ketones (excluding diaryl/α,β-unsaturated/α-hetero) is 1. The summed E-state index contributed by atoms with van der Waals surface area (Å²) in [4.78, 5) is 11.1. The number of hydrogen-bond acceptors (Lipinski definition) is 1. The zero-order valence-corrected chi connectivity index (χ0v) is 12.8. The van der Waals surface area contributed by atoms with Crippen molar-refractivity contribution in [3.8, 4) is 0 Å².